The molecule has 0 saturated carbocycles. The first-order valence-electron chi connectivity index (χ1n) is 6.45. The standard InChI is InChI=1S/C12H20F3N5/c1-4-7(2)5-8(3)17-10-6-9(12(13,14)15)18-11(19-10)20-16/h6-8H,4-5,16H2,1-3H3,(H2,17,18,19,20). The normalized spacial score (nSPS) is 14.8. The van der Waals surface area contributed by atoms with E-state index < -0.39 is 11.9 Å². The van der Waals surface area contributed by atoms with Gasteiger partial charge in [0.15, 0.2) is 5.69 Å². The Bertz CT molecular complexity index is 436. The van der Waals surface area contributed by atoms with Crippen molar-refractivity contribution >= 4 is 11.8 Å². The molecule has 0 aliphatic rings. The summed E-state index contributed by atoms with van der Waals surface area (Å²) in [4.78, 5) is 7.18. The molecular formula is C12H20F3N5. The first-order valence-corrected chi connectivity index (χ1v) is 6.45. The molecule has 4 N–H and O–H groups in total. The van der Waals surface area contributed by atoms with Crippen molar-refractivity contribution in [1.29, 1.82) is 0 Å². The largest absolute Gasteiger partial charge is 0.433 e. The summed E-state index contributed by atoms with van der Waals surface area (Å²) < 4.78 is 38.1. The van der Waals surface area contributed by atoms with Crippen LogP contribution in [0.5, 0.6) is 0 Å². The highest BCUT2D eigenvalue weighted by Gasteiger charge is 2.33. The van der Waals surface area contributed by atoms with Gasteiger partial charge in [-0.3, -0.25) is 5.43 Å². The average molecular weight is 291 g/mol. The quantitative estimate of drug-likeness (QED) is 0.555. The maximum absolute atomic E-state index is 12.7. The Morgan fingerprint density at radius 3 is 2.45 bits per heavy atom. The van der Waals surface area contributed by atoms with Gasteiger partial charge in [-0.05, 0) is 19.3 Å². The fraction of sp³-hybridized carbons (Fsp3) is 0.667. The second-order valence-electron chi connectivity index (χ2n) is 4.90. The third kappa shape index (κ3) is 4.84. The molecule has 1 heterocycles. The van der Waals surface area contributed by atoms with Crippen LogP contribution in [-0.2, 0) is 6.18 Å². The maximum Gasteiger partial charge on any atom is 0.433 e. The Hall–Kier alpha value is -1.57. The summed E-state index contributed by atoms with van der Waals surface area (Å²) in [6.07, 6.45) is -2.68. The zero-order valence-electron chi connectivity index (χ0n) is 11.8. The summed E-state index contributed by atoms with van der Waals surface area (Å²) in [7, 11) is 0. The van der Waals surface area contributed by atoms with E-state index in [9.17, 15) is 13.2 Å². The maximum atomic E-state index is 12.7. The van der Waals surface area contributed by atoms with E-state index in [1.54, 1.807) is 0 Å². The minimum Gasteiger partial charge on any atom is -0.367 e. The minimum atomic E-state index is -4.54. The molecule has 1 aromatic rings. The molecule has 2 unspecified atom stereocenters. The van der Waals surface area contributed by atoms with Crippen LogP contribution < -0.4 is 16.6 Å². The number of nitrogen functional groups attached to an aromatic ring is 1. The van der Waals surface area contributed by atoms with E-state index in [2.05, 4.69) is 29.1 Å². The smallest absolute Gasteiger partial charge is 0.367 e. The highest BCUT2D eigenvalue weighted by Crippen LogP contribution is 2.29. The fourth-order valence-corrected chi connectivity index (χ4v) is 1.81. The van der Waals surface area contributed by atoms with E-state index in [0.717, 1.165) is 18.9 Å². The van der Waals surface area contributed by atoms with Gasteiger partial charge in [-0.2, -0.15) is 18.2 Å². The van der Waals surface area contributed by atoms with E-state index in [1.165, 1.54) is 0 Å². The van der Waals surface area contributed by atoms with Gasteiger partial charge in [0.05, 0.1) is 0 Å². The second-order valence-corrected chi connectivity index (χ2v) is 4.90. The molecule has 8 heteroatoms. The van der Waals surface area contributed by atoms with Crippen molar-refractivity contribution in [1.82, 2.24) is 9.97 Å². The van der Waals surface area contributed by atoms with Crippen molar-refractivity contribution in [3.8, 4) is 0 Å². The van der Waals surface area contributed by atoms with Gasteiger partial charge >= 0.3 is 6.18 Å². The Labute approximate surface area is 116 Å². The monoisotopic (exact) mass is 291 g/mol. The Morgan fingerprint density at radius 1 is 1.30 bits per heavy atom. The number of nitrogens with two attached hydrogens (primary N) is 1. The summed E-state index contributed by atoms with van der Waals surface area (Å²) in [5.74, 6) is 5.42. The number of hydrazine groups is 1. The molecule has 2 atom stereocenters. The lowest BCUT2D eigenvalue weighted by atomic mass is 10.0. The van der Waals surface area contributed by atoms with Gasteiger partial charge in [-0.15, -0.1) is 0 Å². The molecule has 1 aromatic heterocycles. The predicted octanol–water partition coefficient (Wildman–Crippen LogP) is 3.02. The number of hydrogen-bond donors (Lipinski definition) is 3. The van der Waals surface area contributed by atoms with E-state index in [1.807, 2.05) is 12.3 Å². The third-order valence-corrected chi connectivity index (χ3v) is 2.99. The lowest BCUT2D eigenvalue weighted by Crippen LogP contribution is -2.21. The van der Waals surface area contributed by atoms with Gasteiger partial charge < -0.3 is 5.32 Å². The van der Waals surface area contributed by atoms with Crippen LogP contribution in [0.1, 0.15) is 39.3 Å². The number of nitrogens with zero attached hydrogens (tertiary/aromatic N) is 2. The molecule has 0 aliphatic carbocycles. The van der Waals surface area contributed by atoms with Crippen LogP contribution in [-0.4, -0.2) is 16.0 Å². The molecule has 0 aliphatic heterocycles. The van der Waals surface area contributed by atoms with Gasteiger partial charge in [-0.1, -0.05) is 20.3 Å². The molecule has 5 nitrogen and oxygen atoms in total. The number of nitrogens with one attached hydrogen (secondary N) is 2. The van der Waals surface area contributed by atoms with Gasteiger partial charge in [0.1, 0.15) is 5.82 Å². The molecular weight excluding hydrogens is 271 g/mol. The third-order valence-electron chi connectivity index (χ3n) is 2.99. The molecule has 0 amide bonds. The van der Waals surface area contributed by atoms with Gasteiger partial charge in [0, 0.05) is 12.1 Å². The van der Waals surface area contributed by atoms with E-state index >= 15 is 0 Å². The number of rotatable bonds is 6. The molecule has 0 bridgehead atoms. The fourth-order valence-electron chi connectivity index (χ4n) is 1.81. The molecule has 0 aromatic carbocycles. The Morgan fingerprint density at radius 2 is 1.95 bits per heavy atom. The lowest BCUT2D eigenvalue weighted by molar-refractivity contribution is -0.141. The highest BCUT2D eigenvalue weighted by molar-refractivity contribution is 5.43. The Balaban J connectivity index is 2.89. The van der Waals surface area contributed by atoms with Crippen LogP contribution in [0.2, 0.25) is 0 Å². The number of alkyl halides is 3. The van der Waals surface area contributed by atoms with Crippen molar-refractivity contribution in [2.45, 2.75) is 45.8 Å². The molecule has 0 fully saturated rings. The van der Waals surface area contributed by atoms with E-state index in [0.29, 0.717) is 5.92 Å². The molecule has 0 radical (unpaired) electrons. The SMILES string of the molecule is CCC(C)CC(C)Nc1cc(C(F)(F)F)nc(NN)n1. The van der Waals surface area contributed by atoms with Crippen LogP contribution in [0.3, 0.4) is 0 Å². The molecule has 1 rings (SSSR count). The Kier molecular flexibility index (Phi) is 5.55. The van der Waals surface area contributed by atoms with Gasteiger partial charge in [0.25, 0.3) is 0 Å². The summed E-state index contributed by atoms with van der Waals surface area (Å²) in [5.41, 5.74) is 1.01. The van der Waals surface area contributed by atoms with E-state index in [4.69, 9.17) is 5.84 Å². The zero-order chi connectivity index (χ0) is 15.3. The van der Waals surface area contributed by atoms with Gasteiger partial charge in [-0.25, -0.2) is 10.8 Å². The number of halogens is 3. The first-order chi connectivity index (χ1) is 9.26. The van der Waals surface area contributed by atoms with Crippen molar-refractivity contribution in [3.05, 3.63) is 11.8 Å². The van der Waals surface area contributed by atoms with Crippen molar-refractivity contribution in [3.63, 3.8) is 0 Å². The first kappa shape index (κ1) is 16.5. The van der Waals surface area contributed by atoms with Crippen LogP contribution in [0, 0.1) is 5.92 Å². The van der Waals surface area contributed by atoms with E-state index in [-0.39, 0.29) is 17.8 Å². The molecule has 0 saturated heterocycles. The average Bonchev–Trinajstić information content (AvgIpc) is 2.36. The van der Waals surface area contributed by atoms with Crippen LogP contribution in [0.25, 0.3) is 0 Å². The number of hydrogen-bond acceptors (Lipinski definition) is 5. The predicted molar refractivity (Wildman–Crippen MR) is 72.0 cm³/mol. The lowest BCUT2D eigenvalue weighted by Gasteiger charge is -2.19. The second kappa shape index (κ2) is 6.74. The van der Waals surface area contributed by atoms with Crippen LogP contribution >= 0.6 is 0 Å². The summed E-state index contributed by atoms with van der Waals surface area (Å²) in [6.45, 7) is 6.06. The van der Waals surface area contributed by atoms with Crippen molar-refractivity contribution in [2.24, 2.45) is 11.8 Å². The van der Waals surface area contributed by atoms with Crippen molar-refractivity contribution in [2.75, 3.05) is 10.7 Å². The zero-order valence-corrected chi connectivity index (χ0v) is 11.8. The molecule has 114 valence electrons. The van der Waals surface area contributed by atoms with Gasteiger partial charge in [0.2, 0.25) is 5.95 Å². The summed E-state index contributed by atoms with van der Waals surface area (Å²) >= 11 is 0. The minimum absolute atomic E-state index is 0.00607. The molecule has 20 heavy (non-hydrogen) atoms. The number of aromatic nitrogens is 2. The topological polar surface area (TPSA) is 75.9 Å². The van der Waals surface area contributed by atoms with Crippen LogP contribution in [0.15, 0.2) is 6.07 Å². The van der Waals surface area contributed by atoms with Crippen molar-refractivity contribution < 1.29 is 13.2 Å². The molecule has 0 spiro atoms. The number of anilines is 2. The summed E-state index contributed by atoms with van der Waals surface area (Å²) in [5, 5.41) is 2.95. The van der Waals surface area contributed by atoms with Crippen LogP contribution in [0.4, 0.5) is 24.9 Å². The highest BCUT2D eigenvalue weighted by atomic mass is 19.4. The summed E-state index contributed by atoms with van der Waals surface area (Å²) in [6, 6.07) is 0.889.